The quantitative estimate of drug-likeness (QED) is 0.806. The van der Waals surface area contributed by atoms with Gasteiger partial charge in [-0.25, -0.2) is 4.79 Å². The highest BCUT2D eigenvalue weighted by molar-refractivity contribution is 9.10. The molecule has 1 aromatic carbocycles. The van der Waals surface area contributed by atoms with Crippen LogP contribution < -0.4 is 5.32 Å². The summed E-state index contributed by atoms with van der Waals surface area (Å²) in [6.07, 6.45) is 0. The zero-order valence-electron chi connectivity index (χ0n) is 12.2. The summed E-state index contributed by atoms with van der Waals surface area (Å²) in [5.41, 5.74) is 1.61. The molecule has 0 amide bonds. The van der Waals surface area contributed by atoms with Gasteiger partial charge in [-0.1, -0.05) is 28.1 Å². The normalized spacial score (nSPS) is 17.8. The lowest BCUT2D eigenvalue weighted by molar-refractivity contribution is -0.138. The molecule has 0 fully saturated rings. The van der Waals surface area contributed by atoms with Gasteiger partial charge in [0, 0.05) is 10.2 Å². The Morgan fingerprint density at radius 3 is 2.86 bits per heavy atom. The van der Waals surface area contributed by atoms with Crippen molar-refractivity contribution in [2.24, 2.45) is 0 Å². The van der Waals surface area contributed by atoms with Gasteiger partial charge in [-0.05, 0) is 31.5 Å². The third-order valence-corrected chi connectivity index (χ3v) is 3.83. The van der Waals surface area contributed by atoms with E-state index in [-0.39, 0.29) is 18.1 Å². The highest BCUT2D eigenvalue weighted by Gasteiger charge is 2.35. The summed E-state index contributed by atoms with van der Waals surface area (Å²) in [5.74, 6) is -1.40. The highest BCUT2D eigenvalue weighted by atomic mass is 79.9. The minimum Gasteiger partial charge on any atom is -0.494 e. The number of carbonyl (C=O) groups excluding carboxylic acids is 1. The Kier molecular flexibility index (Phi) is 4.88. The van der Waals surface area contributed by atoms with E-state index in [4.69, 9.17) is 4.74 Å². The molecule has 0 bridgehead atoms. The topological polar surface area (TPSA) is 82.3 Å². The fourth-order valence-corrected chi connectivity index (χ4v) is 2.84. The number of aliphatic hydroxyl groups excluding tert-OH is 1. The Morgan fingerprint density at radius 2 is 2.27 bits per heavy atom. The van der Waals surface area contributed by atoms with Crippen LogP contribution in [0.25, 0.3) is 0 Å². The number of rotatable bonds is 3. The first-order valence-electron chi connectivity index (χ1n) is 6.73. The summed E-state index contributed by atoms with van der Waals surface area (Å²) in [4.78, 5) is 12.3. The Balaban J connectivity index is 2.62. The van der Waals surface area contributed by atoms with Crippen LogP contribution in [0.5, 0.6) is 0 Å². The lowest BCUT2D eigenvalue weighted by Crippen LogP contribution is -2.29. The minimum atomic E-state index is -0.664. The highest BCUT2D eigenvalue weighted by Crippen LogP contribution is 2.38. The zero-order valence-corrected chi connectivity index (χ0v) is 13.8. The van der Waals surface area contributed by atoms with Gasteiger partial charge < -0.3 is 15.2 Å². The summed E-state index contributed by atoms with van der Waals surface area (Å²) in [7, 11) is 0. The second kappa shape index (κ2) is 6.67. The molecule has 1 aliphatic rings. The van der Waals surface area contributed by atoms with E-state index >= 15 is 0 Å². The molecular weight excluding hydrogens is 348 g/mol. The first-order chi connectivity index (χ1) is 10.5. The number of halogens is 1. The van der Waals surface area contributed by atoms with Crippen molar-refractivity contribution in [3.63, 3.8) is 0 Å². The zero-order chi connectivity index (χ0) is 16.3. The Hall–Kier alpha value is -2.26. The van der Waals surface area contributed by atoms with Gasteiger partial charge in [0.05, 0.1) is 18.1 Å². The lowest BCUT2D eigenvalue weighted by atomic mass is 9.82. The van der Waals surface area contributed by atoms with Gasteiger partial charge in [0.1, 0.15) is 11.6 Å². The number of hydrogen-bond acceptors (Lipinski definition) is 5. The first kappa shape index (κ1) is 16.1. The molecule has 0 aliphatic carbocycles. The van der Waals surface area contributed by atoms with Crippen molar-refractivity contribution in [3.05, 3.63) is 57.0 Å². The van der Waals surface area contributed by atoms with Crippen LogP contribution in [0.4, 0.5) is 0 Å². The van der Waals surface area contributed by atoms with Crippen LogP contribution in [0.15, 0.2) is 51.5 Å². The molecule has 5 nitrogen and oxygen atoms in total. The molecule has 114 valence electrons. The van der Waals surface area contributed by atoms with Crippen LogP contribution >= 0.6 is 15.9 Å². The minimum absolute atomic E-state index is 0.0896. The summed E-state index contributed by atoms with van der Waals surface area (Å²) in [6, 6.07) is 9.25. The van der Waals surface area contributed by atoms with Crippen molar-refractivity contribution in [3.8, 4) is 6.07 Å². The number of dihydropyridines is 1. The first-order valence-corrected chi connectivity index (χ1v) is 7.52. The number of nitrogens with zero attached hydrogens (tertiary/aromatic N) is 1. The Labute approximate surface area is 137 Å². The largest absolute Gasteiger partial charge is 0.494 e. The fourth-order valence-electron chi connectivity index (χ4n) is 2.43. The average Bonchev–Trinajstić information content (AvgIpc) is 2.46. The van der Waals surface area contributed by atoms with E-state index in [1.165, 1.54) is 0 Å². The number of nitrogens with one attached hydrogen (secondary N) is 1. The molecule has 1 aliphatic heterocycles. The van der Waals surface area contributed by atoms with Crippen molar-refractivity contribution in [2.45, 2.75) is 19.8 Å². The molecule has 0 saturated heterocycles. The third kappa shape index (κ3) is 3.00. The van der Waals surface area contributed by atoms with E-state index in [9.17, 15) is 15.2 Å². The maximum atomic E-state index is 12.3. The smallest absolute Gasteiger partial charge is 0.336 e. The van der Waals surface area contributed by atoms with Gasteiger partial charge in [-0.2, -0.15) is 5.26 Å². The van der Waals surface area contributed by atoms with E-state index in [0.29, 0.717) is 11.3 Å². The molecule has 1 heterocycles. The lowest BCUT2D eigenvalue weighted by Gasteiger charge is -2.27. The number of allylic oxidation sites excluding steroid dienone is 2. The van der Waals surface area contributed by atoms with E-state index in [0.717, 1.165) is 10.0 Å². The SMILES string of the molecule is CCOC(=O)C1=C(C)NC(O)=C(C#N)[C@H]1c1cccc(Br)c1. The molecule has 0 unspecified atom stereocenters. The molecule has 1 aromatic rings. The summed E-state index contributed by atoms with van der Waals surface area (Å²) in [6.45, 7) is 3.62. The predicted octanol–water partition coefficient (Wildman–Crippen LogP) is 3.27. The van der Waals surface area contributed by atoms with Crippen molar-refractivity contribution >= 4 is 21.9 Å². The average molecular weight is 363 g/mol. The van der Waals surface area contributed by atoms with Crippen LogP contribution in [0, 0.1) is 11.3 Å². The van der Waals surface area contributed by atoms with Crippen LogP contribution in [-0.2, 0) is 9.53 Å². The van der Waals surface area contributed by atoms with E-state index in [1.54, 1.807) is 19.9 Å². The van der Waals surface area contributed by atoms with Crippen molar-refractivity contribution in [1.82, 2.24) is 5.32 Å². The monoisotopic (exact) mass is 362 g/mol. The molecule has 2 N–H and O–H groups in total. The van der Waals surface area contributed by atoms with E-state index in [1.807, 2.05) is 24.3 Å². The summed E-state index contributed by atoms with van der Waals surface area (Å²) in [5, 5.41) is 22.1. The number of carbonyl (C=O) groups is 1. The maximum absolute atomic E-state index is 12.3. The molecule has 0 aromatic heterocycles. The predicted molar refractivity (Wildman–Crippen MR) is 84.6 cm³/mol. The van der Waals surface area contributed by atoms with E-state index in [2.05, 4.69) is 21.2 Å². The Morgan fingerprint density at radius 1 is 1.55 bits per heavy atom. The molecule has 6 heteroatoms. The fraction of sp³-hybridized carbons (Fsp3) is 0.250. The van der Waals surface area contributed by atoms with Crippen molar-refractivity contribution < 1.29 is 14.6 Å². The molecule has 0 saturated carbocycles. The van der Waals surface area contributed by atoms with Crippen LogP contribution in [-0.4, -0.2) is 17.7 Å². The summed E-state index contributed by atoms with van der Waals surface area (Å²) < 4.78 is 5.92. The van der Waals surface area contributed by atoms with Gasteiger partial charge in [0.2, 0.25) is 5.88 Å². The Bertz CT molecular complexity index is 716. The van der Waals surface area contributed by atoms with Gasteiger partial charge in [0.15, 0.2) is 0 Å². The van der Waals surface area contributed by atoms with E-state index < -0.39 is 11.9 Å². The van der Waals surface area contributed by atoms with Crippen LogP contribution in [0.1, 0.15) is 25.3 Å². The van der Waals surface area contributed by atoms with Gasteiger partial charge in [-0.3, -0.25) is 0 Å². The van der Waals surface area contributed by atoms with Gasteiger partial charge in [-0.15, -0.1) is 0 Å². The number of ether oxygens (including phenoxy) is 1. The van der Waals surface area contributed by atoms with Crippen LogP contribution in [0.2, 0.25) is 0 Å². The molecule has 2 rings (SSSR count). The maximum Gasteiger partial charge on any atom is 0.336 e. The molecule has 0 spiro atoms. The number of nitriles is 1. The molecule has 1 atom stereocenters. The molecule has 22 heavy (non-hydrogen) atoms. The third-order valence-electron chi connectivity index (χ3n) is 3.34. The van der Waals surface area contributed by atoms with Crippen LogP contribution in [0.3, 0.4) is 0 Å². The number of benzene rings is 1. The standard InChI is InChI=1S/C16H15BrN2O3/c1-3-22-16(21)13-9(2)19-15(20)12(8-18)14(13)10-5-4-6-11(17)7-10/h4-7,14,19-20H,3H2,1-2H3/t14-/m1/s1. The summed E-state index contributed by atoms with van der Waals surface area (Å²) >= 11 is 3.38. The second-order valence-corrected chi connectivity index (χ2v) is 5.66. The van der Waals surface area contributed by atoms with Crippen molar-refractivity contribution in [1.29, 1.82) is 5.26 Å². The second-order valence-electron chi connectivity index (χ2n) is 4.75. The van der Waals surface area contributed by atoms with Crippen molar-refractivity contribution in [2.75, 3.05) is 6.61 Å². The number of hydrogen-bond donors (Lipinski definition) is 2. The number of esters is 1. The molecule has 0 radical (unpaired) electrons. The van der Waals surface area contributed by atoms with Gasteiger partial charge >= 0.3 is 5.97 Å². The number of aliphatic hydroxyl groups is 1. The van der Waals surface area contributed by atoms with Gasteiger partial charge in [0.25, 0.3) is 0 Å². The molecular formula is C16H15BrN2O3.